The van der Waals surface area contributed by atoms with E-state index < -0.39 is 0 Å². The fraction of sp³-hybridized carbons (Fsp3) is 0.571. The third kappa shape index (κ3) is 4.84. The summed E-state index contributed by atoms with van der Waals surface area (Å²) >= 11 is 0. The monoisotopic (exact) mass is 238 g/mol. The Bertz CT molecular complexity index is 331. The molecule has 0 aliphatic heterocycles. The van der Waals surface area contributed by atoms with Crippen molar-refractivity contribution in [3.63, 3.8) is 0 Å². The molecule has 1 aromatic rings. The van der Waals surface area contributed by atoms with E-state index in [2.05, 4.69) is 19.2 Å². The molecule has 1 aromatic carbocycles. The first-order valence-electron chi connectivity index (χ1n) is 6.14. The molecule has 1 rings (SSSR count). The van der Waals surface area contributed by atoms with E-state index in [1.165, 1.54) is 12.1 Å². The van der Waals surface area contributed by atoms with Gasteiger partial charge in [0.15, 0.2) is 0 Å². The third-order valence-electron chi connectivity index (χ3n) is 2.97. The Balaban J connectivity index is 2.47. The van der Waals surface area contributed by atoms with Gasteiger partial charge in [-0.25, -0.2) is 4.39 Å². The molecule has 96 valence electrons. The molecule has 0 heterocycles. The van der Waals surface area contributed by atoms with Crippen molar-refractivity contribution < 1.29 is 4.39 Å². The van der Waals surface area contributed by atoms with Crippen molar-refractivity contribution >= 4 is 0 Å². The summed E-state index contributed by atoms with van der Waals surface area (Å²) in [6.45, 7) is 8.10. The van der Waals surface area contributed by atoms with Crippen LogP contribution >= 0.6 is 0 Å². The Morgan fingerprint density at radius 1 is 1.29 bits per heavy atom. The highest BCUT2D eigenvalue weighted by atomic mass is 19.1. The van der Waals surface area contributed by atoms with Crippen LogP contribution < -0.4 is 11.1 Å². The molecule has 0 radical (unpaired) electrons. The fourth-order valence-electron chi connectivity index (χ4n) is 1.73. The topological polar surface area (TPSA) is 38.0 Å². The first-order chi connectivity index (χ1) is 7.92. The van der Waals surface area contributed by atoms with Crippen LogP contribution in [0.5, 0.6) is 0 Å². The lowest BCUT2D eigenvalue weighted by Gasteiger charge is -2.26. The number of nitrogens with two attached hydrogens (primary N) is 1. The molecule has 1 unspecified atom stereocenters. The van der Waals surface area contributed by atoms with Gasteiger partial charge in [-0.15, -0.1) is 0 Å². The van der Waals surface area contributed by atoms with Crippen LogP contribution in [0.15, 0.2) is 24.3 Å². The van der Waals surface area contributed by atoms with E-state index in [4.69, 9.17) is 5.73 Å². The highest BCUT2D eigenvalue weighted by Crippen LogP contribution is 2.22. The van der Waals surface area contributed by atoms with Gasteiger partial charge in [-0.1, -0.05) is 26.0 Å². The van der Waals surface area contributed by atoms with Crippen molar-refractivity contribution in [1.29, 1.82) is 0 Å². The van der Waals surface area contributed by atoms with Crippen molar-refractivity contribution in [2.24, 2.45) is 5.73 Å². The van der Waals surface area contributed by atoms with E-state index in [1.807, 2.05) is 19.1 Å². The molecule has 17 heavy (non-hydrogen) atoms. The SMILES string of the molecule is CC(N)CCNCC(C)(C)c1ccc(F)cc1. The number of nitrogens with one attached hydrogen (secondary N) is 1. The summed E-state index contributed by atoms with van der Waals surface area (Å²) in [7, 11) is 0. The maximum atomic E-state index is 12.8. The third-order valence-corrected chi connectivity index (χ3v) is 2.97. The molecule has 1 atom stereocenters. The number of rotatable bonds is 6. The van der Waals surface area contributed by atoms with Crippen molar-refractivity contribution in [2.75, 3.05) is 13.1 Å². The highest BCUT2D eigenvalue weighted by Gasteiger charge is 2.19. The van der Waals surface area contributed by atoms with Crippen LogP contribution in [0.25, 0.3) is 0 Å². The van der Waals surface area contributed by atoms with Crippen LogP contribution in [-0.2, 0) is 5.41 Å². The minimum atomic E-state index is -0.186. The van der Waals surface area contributed by atoms with Crippen molar-refractivity contribution in [3.8, 4) is 0 Å². The Hall–Kier alpha value is -0.930. The van der Waals surface area contributed by atoms with Crippen LogP contribution in [0.4, 0.5) is 4.39 Å². The van der Waals surface area contributed by atoms with E-state index in [0.717, 1.165) is 25.1 Å². The van der Waals surface area contributed by atoms with Crippen molar-refractivity contribution in [3.05, 3.63) is 35.6 Å². The smallest absolute Gasteiger partial charge is 0.123 e. The molecular weight excluding hydrogens is 215 g/mol. The fourth-order valence-corrected chi connectivity index (χ4v) is 1.73. The molecule has 0 saturated carbocycles. The molecule has 0 aromatic heterocycles. The van der Waals surface area contributed by atoms with E-state index in [-0.39, 0.29) is 17.3 Å². The zero-order valence-electron chi connectivity index (χ0n) is 11.0. The summed E-state index contributed by atoms with van der Waals surface area (Å²) in [5.74, 6) is -0.186. The van der Waals surface area contributed by atoms with Crippen LogP contribution in [0.1, 0.15) is 32.8 Å². The molecule has 3 N–H and O–H groups in total. The molecular formula is C14H23FN2. The lowest BCUT2D eigenvalue weighted by atomic mass is 9.84. The Kier molecular flexibility index (Phi) is 5.09. The molecule has 0 saturated heterocycles. The van der Waals surface area contributed by atoms with Crippen LogP contribution in [0, 0.1) is 5.82 Å². The number of halogens is 1. The highest BCUT2D eigenvalue weighted by molar-refractivity contribution is 5.24. The second kappa shape index (κ2) is 6.12. The predicted octanol–water partition coefficient (Wildman–Crippen LogP) is 2.43. The van der Waals surface area contributed by atoms with Gasteiger partial charge in [0.25, 0.3) is 0 Å². The number of hydrogen-bond donors (Lipinski definition) is 2. The molecule has 0 amide bonds. The predicted molar refractivity (Wildman–Crippen MR) is 70.6 cm³/mol. The molecule has 0 aliphatic carbocycles. The zero-order chi connectivity index (χ0) is 12.9. The summed E-state index contributed by atoms with van der Waals surface area (Å²) in [5, 5.41) is 3.40. The molecule has 0 aliphatic rings. The maximum absolute atomic E-state index is 12.8. The molecule has 2 nitrogen and oxygen atoms in total. The van der Waals surface area contributed by atoms with Crippen LogP contribution in [0.3, 0.4) is 0 Å². The average molecular weight is 238 g/mol. The quantitative estimate of drug-likeness (QED) is 0.747. The van der Waals surface area contributed by atoms with Gasteiger partial charge in [0.1, 0.15) is 5.82 Å². The first-order valence-corrected chi connectivity index (χ1v) is 6.14. The van der Waals surface area contributed by atoms with Gasteiger partial charge >= 0.3 is 0 Å². The minimum absolute atomic E-state index is 0.00549. The summed E-state index contributed by atoms with van der Waals surface area (Å²) in [5.41, 5.74) is 6.84. The van der Waals surface area contributed by atoms with Gasteiger partial charge in [-0.3, -0.25) is 0 Å². The molecule has 0 bridgehead atoms. The van der Waals surface area contributed by atoms with Gasteiger partial charge in [-0.05, 0) is 37.6 Å². The average Bonchev–Trinajstić information content (AvgIpc) is 2.25. The largest absolute Gasteiger partial charge is 0.328 e. The van der Waals surface area contributed by atoms with E-state index in [9.17, 15) is 4.39 Å². The second-order valence-electron chi connectivity index (χ2n) is 5.33. The van der Waals surface area contributed by atoms with E-state index in [1.54, 1.807) is 0 Å². The molecule has 0 fully saturated rings. The van der Waals surface area contributed by atoms with Gasteiger partial charge in [0.2, 0.25) is 0 Å². The lowest BCUT2D eigenvalue weighted by molar-refractivity contribution is 0.457. The first kappa shape index (κ1) is 14.1. The Morgan fingerprint density at radius 2 is 1.88 bits per heavy atom. The standard InChI is InChI=1S/C14H23FN2/c1-11(16)8-9-17-10-14(2,3)12-4-6-13(15)7-5-12/h4-7,11,17H,8-10,16H2,1-3H3. The van der Waals surface area contributed by atoms with Gasteiger partial charge < -0.3 is 11.1 Å². The summed E-state index contributed by atoms with van der Waals surface area (Å²) < 4.78 is 12.8. The maximum Gasteiger partial charge on any atom is 0.123 e. The zero-order valence-corrected chi connectivity index (χ0v) is 11.0. The van der Waals surface area contributed by atoms with Gasteiger partial charge in [-0.2, -0.15) is 0 Å². The van der Waals surface area contributed by atoms with Gasteiger partial charge in [0.05, 0.1) is 0 Å². The summed E-state index contributed by atoms with van der Waals surface area (Å²) in [6.07, 6.45) is 0.972. The van der Waals surface area contributed by atoms with Crippen LogP contribution in [-0.4, -0.2) is 19.1 Å². The minimum Gasteiger partial charge on any atom is -0.328 e. The van der Waals surface area contributed by atoms with Crippen LogP contribution in [0.2, 0.25) is 0 Å². The van der Waals surface area contributed by atoms with E-state index in [0.29, 0.717) is 0 Å². The normalized spacial score (nSPS) is 13.7. The molecule has 0 spiro atoms. The Morgan fingerprint density at radius 3 is 2.41 bits per heavy atom. The lowest BCUT2D eigenvalue weighted by Crippen LogP contribution is -2.35. The second-order valence-corrected chi connectivity index (χ2v) is 5.33. The molecule has 3 heteroatoms. The number of hydrogen-bond acceptors (Lipinski definition) is 2. The number of benzene rings is 1. The van der Waals surface area contributed by atoms with Crippen molar-refractivity contribution in [1.82, 2.24) is 5.32 Å². The summed E-state index contributed by atoms with van der Waals surface area (Å²) in [4.78, 5) is 0. The van der Waals surface area contributed by atoms with Crippen molar-refractivity contribution in [2.45, 2.75) is 38.6 Å². The summed E-state index contributed by atoms with van der Waals surface area (Å²) in [6, 6.07) is 6.96. The van der Waals surface area contributed by atoms with Gasteiger partial charge in [0, 0.05) is 18.0 Å². The Labute approximate surface area is 103 Å². The van der Waals surface area contributed by atoms with E-state index >= 15 is 0 Å².